The lowest BCUT2D eigenvalue weighted by molar-refractivity contribution is -0.136. The van der Waals surface area contributed by atoms with E-state index in [2.05, 4.69) is 10.4 Å². The number of likely N-dealkylation sites (tertiary alicyclic amines) is 1. The van der Waals surface area contributed by atoms with E-state index in [1.54, 1.807) is 16.8 Å². The molecule has 1 fully saturated rings. The predicted molar refractivity (Wildman–Crippen MR) is 80.1 cm³/mol. The van der Waals surface area contributed by atoms with Crippen molar-refractivity contribution in [1.82, 2.24) is 20.2 Å². The lowest BCUT2D eigenvalue weighted by Gasteiger charge is -2.32. The number of carbonyl (C=O) groups excluding carboxylic acids is 2. The van der Waals surface area contributed by atoms with Crippen LogP contribution in [0.5, 0.6) is 0 Å². The third-order valence-corrected chi connectivity index (χ3v) is 4.32. The van der Waals surface area contributed by atoms with Crippen LogP contribution in [0.4, 0.5) is 0 Å². The number of nitrogens with zero attached hydrogens (tertiary/aromatic N) is 3. The van der Waals surface area contributed by atoms with E-state index < -0.39 is 0 Å². The van der Waals surface area contributed by atoms with Gasteiger partial charge in [-0.25, -0.2) is 10.8 Å². The van der Waals surface area contributed by atoms with Crippen LogP contribution in [0.3, 0.4) is 0 Å². The second kappa shape index (κ2) is 7.48. The second-order valence-electron chi connectivity index (χ2n) is 5.32. The molecule has 0 bridgehead atoms. The van der Waals surface area contributed by atoms with E-state index in [1.165, 1.54) is 0 Å². The van der Waals surface area contributed by atoms with Crippen molar-refractivity contribution in [3.63, 3.8) is 0 Å². The van der Waals surface area contributed by atoms with Gasteiger partial charge in [0.1, 0.15) is 0 Å². The smallest absolute Gasteiger partial charge is 0.237 e. The van der Waals surface area contributed by atoms with Crippen LogP contribution >= 0.6 is 11.3 Å². The number of hydrazine groups is 1. The first-order valence-electron chi connectivity index (χ1n) is 6.94. The maximum absolute atomic E-state index is 12.2. The van der Waals surface area contributed by atoms with Crippen LogP contribution in [-0.2, 0) is 16.1 Å². The Balaban J connectivity index is 1.75. The van der Waals surface area contributed by atoms with Gasteiger partial charge in [-0.3, -0.25) is 19.9 Å². The number of piperidine rings is 1. The Kier molecular flexibility index (Phi) is 5.66. The van der Waals surface area contributed by atoms with Crippen molar-refractivity contribution in [3.8, 4) is 0 Å². The molecular weight excluding hydrogens is 290 g/mol. The van der Waals surface area contributed by atoms with Gasteiger partial charge in [-0.1, -0.05) is 0 Å². The number of nitrogens with one attached hydrogen (secondary N) is 1. The fourth-order valence-corrected chi connectivity index (χ4v) is 3.04. The minimum absolute atomic E-state index is 0.0771. The molecule has 1 aliphatic rings. The molecule has 21 heavy (non-hydrogen) atoms. The van der Waals surface area contributed by atoms with Gasteiger partial charge in [0.2, 0.25) is 11.8 Å². The molecule has 116 valence electrons. The van der Waals surface area contributed by atoms with Crippen molar-refractivity contribution in [1.29, 1.82) is 0 Å². The molecule has 0 radical (unpaired) electrons. The topological polar surface area (TPSA) is 91.6 Å². The van der Waals surface area contributed by atoms with E-state index in [-0.39, 0.29) is 17.7 Å². The molecule has 0 aromatic carbocycles. The summed E-state index contributed by atoms with van der Waals surface area (Å²) < 4.78 is 0. The Morgan fingerprint density at radius 2 is 2.24 bits per heavy atom. The van der Waals surface area contributed by atoms with Crippen LogP contribution in [0.1, 0.15) is 18.5 Å². The molecule has 3 N–H and O–H groups in total. The lowest BCUT2D eigenvalue weighted by atomic mass is 9.96. The zero-order valence-electron chi connectivity index (χ0n) is 12.1. The lowest BCUT2D eigenvalue weighted by Crippen LogP contribution is -2.46. The number of hydrogen-bond donors (Lipinski definition) is 2. The fourth-order valence-electron chi connectivity index (χ4n) is 2.49. The third-order valence-electron chi connectivity index (χ3n) is 3.68. The van der Waals surface area contributed by atoms with Gasteiger partial charge in [-0.15, -0.1) is 11.3 Å². The van der Waals surface area contributed by atoms with Crippen LogP contribution in [-0.4, -0.2) is 53.3 Å². The normalized spacial score (nSPS) is 16.2. The van der Waals surface area contributed by atoms with Crippen LogP contribution in [0, 0.1) is 5.92 Å². The summed E-state index contributed by atoms with van der Waals surface area (Å²) in [6, 6.07) is 0. The van der Waals surface area contributed by atoms with Crippen LogP contribution in [0.25, 0.3) is 0 Å². The quantitative estimate of drug-likeness (QED) is 0.446. The number of rotatable bonds is 5. The summed E-state index contributed by atoms with van der Waals surface area (Å²) in [5.41, 5.74) is 4.95. The molecule has 8 heteroatoms. The summed E-state index contributed by atoms with van der Waals surface area (Å²) in [6.45, 7) is 2.26. The first kappa shape index (κ1) is 15.9. The van der Waals surface area contributed by atoms with E-state index >= 15 is 0 Å². The van der Waals surface area contributed by atoms with Crippen LogP contribution in [0.15, 0.2) is 10.9 Å². The minimum atomic E-state index is -0.136. The molecule has 0 saturated carbocycles. The van der Waals surface area contributed by atoms with Crippen molar-refractivity contribution < 1.29 is 9.59 Å². The fraction of sp³-hybridized carbons (Fsp3) is 0.615. The zero-order chi connectivity index (χ0) is 15.2. The Morgan fingerprint density at radius 3 is 2.81 bits per heavy atom. The van der Waals surface area contributed by atoms with E-state index in [1.807, 2.05) is 22.2 Å². The Hall–Kier alpha value is -1.51. The monoisotopic (exact) mass is 311 g/mol. The van der Waals surface area contributed by atoms with Gasteiger partial charge in [-0.05, 0) is 19.9 Å². The molecule has 2 heterocycles. The summed E-state index contributed by atoms with van der Waals surface area (Å²) >= 11 is 1.55. The average molecular weight is 311 g/mol. The van der Waals surface area contributed by atoms with Crippen LogP contribution in [0.2, 0.25) is 0 Å². The molecular formula is C13H21N5O2S. The van der Waals surface area contributed by atoms with Crippen molar-refractivity contribution in [3.05, 3.63) is 16.6 Å². The molecule has 1 saturated heterocycles. The SMILES string of the molecule is CN(CC(=O)N1CCC(C(=O)NN)CC1)Cc1cscn1. The number of nitrogens with two attached hydrogens (primary N) is 1. The molecule has 0 unspecified atom stereocenters. The summed E-state index contributed by atoms with van der Waals surface area (Å²) in [6.07, 6.45) is 1.34. The number of carbonyl (C=O) groups is 2. The van der Waals surface area contributed by atoms with Gasteiger partial charge in [-0.2, -0.15) is 0 Å². The number of thiazole rings is 1. The number of likely N-dealkylation sites (N-methyl/N-ethyl adjacent to an activating group) is 1. The van der Waals surface area contributed by atoms with Crippen molar-refractivity contribution in [2.75, 3.05) is 26.7 Å². The highest BCUT2D eigenvalue weighted by atomic mass is 32.1. The molecule has 1 aliphatic heterocycles. The summed E-state index contributed by atoms with van der Waals surface area (Å²) in [5.74, 6) is 5.02. The molecule has 2 rings (SSSR count). The first-order chi connectivity index (χ1) is 10.1. The molecule has 1 aromatic heterocycles. The standard InChI is InChI=1S/C13H21N5O2S/c1-17(6-11-8-21-9-15-11)7-12(19)18-4-2-10(3-5-18)13(20)16-14/h8-10H,2-7,14H2,1H3,(H,16,20). The number of aromatic nitrogens is 1. The predicted octanol–water partition coefficient (Wildman–Crippen LogP) is -0.197. The van der Waals surface area contributed by atoms with Gasteiger partial charge < -0.3 is 4.90 Å². The van der Waals surface area contributed by atoms with Gasteiger partial charge >= 0.3 is 0 Å². The second-order valence-corrected chi connectivity index (χ2v) is 6.03. The van der Waals surface area contributed by atoms with Crippen molar-refractivity contribution in [2.24, 2.45) is 11.8 Å². The molecule has 1 aromatic rings. The van der Waals surface area contributed by atoms with E-state index in [9.17, 15) is 9.59 Å². The molecule has 0 atom stereocenters. The summed E-state index contributed by atoms with van der Waals surface area (Å²) in [5, 5.41) is 1.98. The van der Waals surface area contributed by atoms with Gasteiger partial charge in [0.15, 0.2) is 0 Å². The first-order valence-corrected chi connectivity index (χ1v) is 7.88. The molecule has 2 amide bonds. The average Bonchev–Trinajstić information content (AvgIpc) is 2.99. The maximum atomic E-state index is 12.2. The zero-order valence-corrected chi connectivity index (χ0v) is 12.9. The Morgan fingerprint density at radius 1 is 1.52 bits per heavy atom. The third kappa shape index (κ3) is 4.48. The van der Waals surface area contributed by atoms with E-state index in [0.29, 0.717) is 39.0 Å². The molecule has 7 nitrogen and oxygen atoms in total. The Labute approximate surface area is 128 Å². The van der Waals surface area contributed by atoms with E-state index in [0.717, 1.165) is 5.69 Å². The minimum Gasteiger partial charge on any atom is -0.342 e. The van der Waals surface area contributed by atoms with Crippen molar-refractivity contribution in [2.45, 2.75) is 19.4 Å². The van der Waals surface area contributed by atoms with Gasteiger partial charge in [0.25, 0.3) is 0 Å². The highest BCUT2D eigenvalue weighted by Crippen LogP contribution is 2.17. The highest BCUT2D eigenvalue weighted by Gasteiger charge is 2.27. The summed E-state index contributed by atoms with van der Waals surface area (Å²) in [7, 11) is 1.91. The van der Waals surface area contributed by atoms with E-state index in [4.69, 9.17) is 5.84 Å². The highest BCUT2D eigenvalue weighted by molar-refractivity contribution is 7.07. The van der Waals surface area contributed by atoms with Crippen molar-refractivity contribution >= 4 is 23.2 Å². The summed E-state index contributed by atoms with van der Waals surface area (Å²) in [4.78, 5) is 31.7. The molecule has 0 aliphatic carbocycles. The largest absolute Gasteiger partial charge is 0.342 e. The maximum Gasteiger partial charge on any atom is 0.237 e. The number of hydrogen-bond acceptors (Lipinski definition) is 6. The van der Waals surface area contributed by atoms with Gasteiger partial charge in [0, 0.05) is 30.9 Å². The van der Waals surface area contributed by atoms with Crippen LogP contribution < -0.4 is 11.3 Å². The number of amides is 2. The molecule has 0 spiro atoms. The Bertz CT molecular complexity index is 471. The van der Waals surface area contributed by atoms with Gasteiger partial charge in [0.05, 0.1) is 17.7 Å².